The Kier molecular flexibility index (Phi) is 6.37. The van der Waals surface area contributed by atoms with Crippen molar-refractivity contribution in [2.45, 2.75) is 20.4 Å². The Morgan fingerprint density at radius 2 is 1.83 bits per heavy atom. The summed E-state index contributed by atoms with van der Waals surface area (Å²) in [5.74, 6) is 0. The van der Waals surface area contributed by atoms with Crippen molar-refractivity contribution in [1.82, 2.24) is 0 Å². The standard InChI is InChI=1S/C21H23N2.HI/c1-4-12-23-19(16-18-10-13-22(5-2)14-11-18)15-17(3)20-8-6-7-9-21(20)23;/h4,6-11,13-16H,1,5,12H2,2-3H3;1H/q+1;/p-1. The van der Waals surface area contributed by atoms with Crippen LogP contribution >= 0.6 is 0 Å². The van der Waals surface area contributed by atoms with Gasteiger partial charge in [0.15, 0.2) is 12.4 Å². The Labute approximate surface area is 161 Å². The largest absolute Gasteiger partial charge is 1.00 e. The number of nitrogens with zero attached hydrogens (tertiary/aromatic N) is 2. The normalized spacial score (nSPS) is 14.7. The lowest BCUT2D eigenvalue weighted by atomic mass is 9.98. The molecule has 0 bridgehead atoms. The van der Waals surface area contributed by atoms with Gasteiger partial charge in [-0.1, -0.05) is 24.3 Å². The number of aryl methyl sites for hydroxylation is 1. The van der Waals surface area contributed by atoms with Crippen LogP contribution in [0.15, 0.2) is 73.2 Å². The molecule has 0 unspecified atom stereocenters. The van der Waals surface area contributed by atoms with Crippen LogP contribution < -0.4 is 33.4 Å². The molecule has 2 aromatic rings. The minimum Gasteiger partial charge on any atom is -1.00 e. The van der Waals surface area contributed by atoms with Crippen LogP contribution in [0, 0.1) is 0 Å². The summed E-state index contributed by atoms with van der Waals surface area (Å²) in [7, 11) is 0. The fourth-order valence-corrected chi connectivity index (χ4v) is 2.96. The van der Waals surface area contributed by atoms with Crippen molar-refractivity contribution in [3.05, 3.63) is 84.3 Å². The molecule has 1 aliphatic rings. The van der Waals surface area contributed by atoms with Gasteiger partial charge < -0.3 is 28.9 Å². The molecule has 0 amide bonds. The summed E-state index contributed by atoms with van der Waals surface area (Å²) in [5.41, 5.74) is 6.26. The minimum atomic E-state index is 0. The van der Waals surface area contributed by atoms with Gasteiger partial charge in [-0.3, -0.25) is 0 Å². The molecule has 24 heavy (non-hydrogen) atoms. The monoisotopic (exact) mass is 430 g/mol. The number of para-hydroxylation sites is 1. The lowest BCUT2D eigenvalue weighted by molar-refractivity contribution is -0.693. The van der Waals surface area contributed by atoms with Crippen molar-refractivity contribution in [3.63, 3.8) is 0 Å². The number of anilines is 1. The Hall–Kier alpha value is -1.88. The molecule has 0 N–H and O–H groups in total. The van der Waals surface area contributed by atoms with Crippen LogP contribution in [0.25, 0.3) is 11.6 Å². The van der Waals surface area contributed by atoms with E-state index in [0.717, 1.165) is 13.1 Å². The van der Waals surface area contributed by atoms with Gasteiger partial charge in [0.05, 0.1) is 0 Å². The third kappa shape index (κ3) is 3.78. The van der Waals surface area contributed by atoms with Gasteiger partial charge in [0.1, 0.15) is 6.54 Å². The minimum absolute atomic E-state index is 0. The van der Waals surface area contributed by atoms with E-state index in [9.17, 15) is 0 Å². The number of hydrogen-bond donors (Lipinski definition) is 0. The van der Waals surface area contributed by atoms with Gasteiger partial charge in [-0.15, -0.1) is 6.58 Å². The van der Waals surface area contributed by atoms with Crippen molar-refractivity contribution >= 4 is 17.3 Å². The molecule has 0 saturated heterocycles. The molecule has 2 heterocycles. The first-order valence-electron chi connectivity index (χ1n) is 8.10. The zero-order valence-corrected chi connectivity index (χ0v) is 16.4. The van der Waals surface area contributed by atoms with Gasteiger partial charge in [0.2, 0.25) is 0 Å². The molecule has 2 nitrogen and oxygen atoms in total. The summed E-state index contributed by atoms with van der Waals surface area (Å²) < 4.78 is 2.17. The summed E-state index contributed by atoms with van der Waals surface area (Å²) in [6, 6.07) is 12.9. The van der Waals surface area contributed by atoms with Crippen LogP contribution in [-0.4, -0.2) is 6.54 Å². The first-order valence-corrected chi connectivity index (χ1v) is 8.10. The fraction of sp³-hybridized carbons (Fsp3) is 0.190. The number of rotatable bonds is 4. The predicted molar refractivity (Wildman–Crippen MR) is 97.9 cm³/mol. The van der Waals surface area contributed by atoms with E-state index in [1.165, 1.54) is 28.1 Å². The highest BCUT2D eigenvalue weighted by molar-refractivity contribution is 5.85. The Morgan fingerprint density at radius 3 is 2.50 bits per heavy atom. The molecule has 1 aromatic heterocycles. The highest BCUT2D eigenvalue weighted by atomic mass is 127. The van der Waals surface area contributed by atoms with Gasteiger partial charge >= 0.3 is 0 Å². The first kappa shape index (κ1) is 18.5. The average Bonchev–Trinajstić information content (AvgIpc) is 2.59. The van der Waals surface area contributed by atoms with E-state index in [2.05, 4.69) is 90.8 Å². The highest BCUT2D eigenvalue weighted by Gasteiger charge is 2.19. The molecule has 0 aliphatic carbocycles. The van der Waals surface area contributed by atoms with E-state index in [1.807, 2.05) is 6.08 Å². The van der Waals surface area contributed by atoms with Crippen LogP contribution in [0.5, 0.6) is 0 Å². The van der Waals surface area contributed by atoms with E-state index >= 15 is 0 Å². The molecule has 3 rings (SSSR count). The molecule has 0 atom stereocenters. The summed E-state index contributed by atoms with van der Waals surface area (Å²) in [6.07, 6.45) is 10.7. The van der Waals surface area contributed by atoms with E-state index in [0.29, 0.717) is 0 Å². The SMILES string of the molecule is C=CCN1/C(=C\c2cc[n+](CC)cc2)C=C(C)c2ccccc21.[I-]. The topological polar surface area (TPSA) is 7.12 Å². The molecular formula is C21H23IN2. The molecule has 124 valence electrons. The van der Waals surface area contributed by atoms with Crippen LogP contribution in [-0.2, 0) is 6.54 Å². The van der Waals surface area contributed by atoms with E-state index in [4.69, 9.17) is 0 Å². The predicted octanol–water partition coefficient (Wildman–Crippen LogP) is 1.45. The molecule has 1 aromatic carbocycles. The zero-order chi connectivity index (χ0) is 16.2. The second-order valence-electron chi connectivity index (χ2n) is 5.77. The lowest BCUT2D eigenvalue weighted by Crippen LogP contribution is -3.00. The third-order valence-corrected chi connectivity index (χ3v) is 4.20. The number of pyridine rings is 1. The Balaban J connectivity index is 0.00000208. The van der Waals surface area contributed by atoms with Gasteiger partial charge in [-0.2, -0.15) is 0 Å². The number of fused-ring (bicyclic) bond motifs is 1. The number of aromatic nitrogens is 1. The van der Waals surface area contributed by atoms with Crippen molar-refractivity contribution < 1.29 is 28.5 Å². The van der Waals surface area contributed by atoms with Crippen LogP contribution in [0.4, 0.5) is 5.69 Å². The van der Waals surface area contributed by atoms with Crippen molar-refractivity contribution in [1.29, 1.82) is 0 Å². The first-order chi connectivity index (χ1) is 11.2. The fourth-order valence-electron chi connectivity index (χ4n) is 2.96. The van der Waals surface area contributed by atoms with Gasteiger partial charge in [0.25, 0.3) is 0 Å². The highest BCUT2D eigenvalue weighted by Crippen LogP contribution is 2.35. The molecule has 0 saturated carbocycles. The Bertz CT molecular complexity index is 773. The molecule has 0 radical (unpaired) electrons. The third-order valence-electron chi connectivity index (χ3n) is 4.20. The summed E-state index contributed by atoms with van der Waals surface area (Å²) in [4.78, 5) is 2.32. The molecular weight excluding hydrogens is 407 g/mol. The molecule has 0 spiro atoms. The maximum atomic E-state index is 3.92. The average molecular weight is 430 g/mol. The quantitative estimate of drug-likeness (QED) is 0.405. The van der Waals surface area contributed by atoms with Crippen LogP contribution in [0.3, 0.4) is 0 Å². The molecule has 1 aliphatic heterocycles. The molecule has 0 fully saturated rings. The number of allylic oxidation sites excluding steroid dienone is 2. The second-order valence-corrected chi connectivity index (χ2v) is 5.77. The van der Waals surface area contributed by atoms with Gasteiger partial charge in [-0.05, 0) is 43.2 Å². The van der Waals surface area contributed by atoms with Crippen molar-refractivity contribution in [2.24, 2.45) is 0 Å². The van der Waals surface area contributed by atoms with Gasteiger partial charge in [-0.25, -0.2) is 4.57 Å². The van der Waals surface area contributed by atoms with Crippen LogP contribution in [0.2, 0.25) is 0 Å². The smallest absolute Gasteiger partial charge is 0.169 e. The lowest BCUT2D eigenvalue weighted by Gasteiger charge is -2.31. The molecule has 3 heteroatoms. The zero-order valence-electron chi connectivity index (χ0n) is 14.2. The summed E-state index contributed by atoms with van der Waals surface area (Å²) in [6.45, 7) is 10.0. The summed E-state index contributed by atoms with van der Waals surface area (Å²) >= 11 is 0. The van der Waals surface area contributed by atoms with Crippen molar-refractivity contribution in [3.8, 4) is 0 Å². The van der Waals surface area contributed by atoms with E-state index in [-0.39, 0.29) is 24.0 Å². The van der Waals surface area contributed by atoms with E-state index in [1.54, 1.807) is 0 Å². The number of hydrogen-bond acceptors (Lipinski definition) is 1. The maximum Gasteiger partial charge on any atom is 0.169 e. The maximum absolute atomic E-state index is 3.92. The van der Waals surface area contributed by atoms with Crippen LogP contribution in [0.1, 0.15) is 25.0 Å². The summed E-state index contributed by atoms with van der Waals surface area (Å²) in [5, 5.41) is 0. The Morgan fingerprint density at radius 1 is 1.12 bits per heavy atom. The van der Waals surface area contributed by atoms with Crippen molar-refractivity contribution in [2.75, 3.05) is 11.4 Å². The number of benzene rings is 1. The number of halogens is 1. The van der Waals surface area contributed by atoms with E-state index < -0.39 is 0 Å². The second kappa shape index (κ2) is 8.29. The van der Waals surface area contributed by atoms with Gasteiger partial charge in [0, 0.05) is 35.6 Å².